The first-order chi connectivity index (χ1) is 15.6. The van der Waals surface area contributed by atoms with Crippen molar-refractivity contribution in [1.82, 2.24) is 9.80 Å². The minimum Gasteiger partial charge on any atom is -0.497 e. The predicted molar refractivity (Wildman–Crippen MR) is 122 cm³/mol. The number of rotatable bonds is 6. The molecule has 3 amide bonds. The molecular weight excluding hydrogens is 424 g/mol. The zero-order chi connectivity index (χ0) is 24.2. The van der Waals surface area contributed by atoms with Gasteiger partial charge in [0.15, 0.2) is 0 Å². The third-order valence-corrected chi connectivity index (χ3v) is 5.44. The van der Waals surface area contributed by atoms with Gasteiger partial charge in [0, 0.05) is 13.1 Å². The largest absolute Gasteiger partial charge is 0.497 e. The third kappa shape index (κ3) is 6.03. The Morgan fingerprint density at radius 3 is 2.36 bits per heavy atom. The molecule has 1 N–H and O–H groups in total. The number of carbonyl (C=O) groups excluding carboxylic acids is 2. The molecule has 176 valence electrons. The van der Waals surface area contributed by atoms with Crippen molar-refractivity contribution in [1.29, 1.82) is 0 Å². The van der Waals surface area contributed by atoms with Crippen molar-refractivity contribution in [2.24, 2.45) is 0 Å². The lowest BCUT2D eigenvalue weighted by Gasteiger charge is -2.29. The molecule has 0 aromatic heterocycles. The number of nitrogens with zero attached hydrogens (tertiary/aromatic N) is 2. The van der Waals surface area contributed by atoms with E-state index in [1.807, 2.05) is 36.4 Å². The Labute approximate surface area is 193 Å². The molecule has 33 heavy (non-hydrogen) atoms. The fourth-order valence-corrected chi connectivity index (χ4v) is 3.83. The minimum atomic E-state index is -1.32. The van der Waals surface area contributed by atoms with E-state index in [1.165, 1.54) is 4.90 Å². The van der Waals surface area contributed by atoms with E-state index >= 15 is 0 Å². The van der Waals surface area contributed by atoms with Crippen LogP contribution in [-0.4, -0.2) is 52.3 Å². The first kappa shape index (κ1) is 24.1. The first-order valence-electron chi connectivity index (χ1n) is 10.8. The lowest BCUT2D eigenvalue weighted by atomic mass is 10.0. The number of ether oxygens (including phenoxy) is 2. The number of hydrogen-bond acceptors (Lipinski definition) is 5. The van der Waals surface area contributed by atoms with Crippen molar-refractivity contribution in [2.75, 3.05) is 13.7 Å². The molecule has 1 atom stereocenters. The Bertz CT molecular complexity index is 1010. The molecule has 1 unspecified atom stereocenters. The maximum absolute atomic E-state index is 13.1. The average Bonchev–Trinajstić information content (AvgIpc) is 3.11. The molecule has 0 saturated heterocycles. The van der Waals surface area contributed by atoms with Gasteiger partial charge < -0.3 is 14.6 Å². The van der Waals surface area contributed by atoms with E-state index in [-0.39, 0.29) is 13.0 Å². The highest BCUT2D eigenvalue weighted by molar-refractivity contribution is 5.91. The van der Waals surface area contributed by atoms with Crippen LogP contribution >= 0.6 is 0 Å². The number of fused-ring (bicyclic) bond motifs is 1. The molecule has 8 heteroatoms. The summed E-state index contributed by atoms with van der Waals surface area (Å²) < 4.78 is 10.7. The van der Waals surface area contributed by atoms with E-state index in [2.05, 4.69) is 0 Å². The molecule has 1 aliphatic heterocycles. The van der Waals surface area contributed by atoms with E-state index < -0.39 is 29.7 Å². The molecule has 0 bridgehead atoms. The maximum atomic E-state index is 13.1. The average molecular weight is 455 g/mol. The lowest BCUT2D eigenvalue weighted by molar-refractivity contribution is -0.130. The van der Waals surface area contributed by atoms with Crippen molar-refractivity contribution in [2.45, 2.75) is 51.8 Å². The van der Waals surface area contributed by atoms with Gasteiger partial charge in [-0.15, -0.1) is 0 Å². The van der Waals surface area contributed by atoms with Crippen molar-refractivity contribution in [3.05, 3.63) is 65.2 Å². The molecule has 0 radical (unpaired) electrons. The van der Waals surface area contributed by atoms with E-state index in [1.54, 1.807) is 40.0 Å². The van der Waals surface area contributed by atoms with E-state index in [0.717, 1.165) is 21.6 Å². The molecule has 0 spiro atoms. The molecular formula is C25H30N2O6. The van der Waals surface area contributed by atoms with E-state index in [4.69, 9.17) is 9.47 Å². The van der Waals surface area contributed by atoms with Gasteiger partial charge in [-0.25, -0.2) is 14.5 Å². The quantitative estimate of drug-likeness (QED) is 0.684. The van der Waals surface area contributed by atoms with Crippen molar-refractivity contribution in [3.8, 4) is 5.75 Å². The Morgan fingerprint density at radius 1 is 1.09 bits per heavy atom. The minimum absolute atomic E-state index is 0.0152. The number of hydrogen-bond donors (Lipinski definition) is 1. The van der Waals surface area contributed by atoms with Gasteiger partial charge in [-0.2, -0.15) is 0 Å². The number of carbonyl (C=O) groups is 3. The molecule has 0 aliphatic carbocycles. The number of imide groups is 1. The van der Waals surface area contributed by atoms with Crippen LogP contribution in [0.5, 0.6) is 5.75 Å². The Hall–Kier alpha value is -3.55. The van der Waals surface area contributed by atoms with Gasteiger partial charge in [-0.1, -0.05) is 36.4 Å². The highest BCUT2D eigenvalue weighted by atomic mass is 16.6. The molecule has 3 rings (SSSR count). The van der Waals surface area contributed by atoms with Crippen LogP contribution in [0.2, 0.25) is 0 Å². The van der Waals surface area contributed by atoms with Gasteiger partial charge in [0.1, 0.15) is 11.4 Å². The molecule has 0 saturated carbocycles. The Morgan fingerprint density at radius 2 is 1.76 bits per heavy atom. The number of methoxy groups -OCH3 is 1. The third-order valence-electron chi connectivity index (χ3n) is 5.44. The van der Waals surface area contributed by atoms with Crippen molar-refractivity contribution in [3.63, 3.8) is 0 Å². The summed E-state index contributed by atoms with van der Waals surface area (Å²) in [6, 6.07) is 14.1. The topological polar surface area (TPSA) is 96.4 Å². The summed E-state index contributed by atoms with van der Waals surface area (Å²) in [4.78, 5) is 40.1. The Kier molecular flexibility index (Phi) is 7.26. The van der Waals surface area contributed by atoms with Crippen LogP contribution in [0, 0.1) is 0 Å². The van der Waals surface area contributed by atoms with Gasteiger partial charge in [-0.05, 0) is 56.0 Å². The summed E-state index contributed by atoms with van der Waals surface area (Å²) >= 11 is 0. The van der Waals surface area contributed by atoms with E-state index in [0.29, 0.717) is 18.7 Å². The number of benzene rings is 2. The van der Waals surface area contributed by atoms with Crippen molar-refractivity contribution >= 4 is 18.1 Å². The number of amides is 3. The van der Waals surface area contributed by atoms with Crippen LogP contribution in [0.4, 0.5) is 9.59 Å². The molecule has 0 fully saturated rings. The second-order valence-corrected chi connectivity index (χ2v) is 8.95. The standard InChI is InChI=1S/C25H30N2O6/c1-25(2,3)33-24(31)27-16-18-7-5-6-8-20(18)21(27)15-22(28)26(23(29)30)14-13-17-9-11-19(32-4)12-10-17/h5-12,21H,13-16H2,1-4H3,(H,29,30). The number of carboxylic acid groups (broad SMARTS) is 1. The normalized spacial score (nSPS) is 15.0. The highest BCUT2D eigenvalue weighted by Gasteiger charge is 2.38. The Balaban J connectivity index is 1.75. The van der Waals surface area contributed by atoms with Crippen LogP contribution in [0.1, 0.15) is 49.9 Å². The van der Waals surface area contributed by atoms with Gasteiger partial charge >= 0.3 is 12.2 Å². The molecule has 1 heterocycles. The summed E-state index contributed by atoms with van der Waals surface area (Å²) in [7, 11) is 1.57. The lowest BCUT2D eigenvalue weighted by Crippen LogP contribution is -2.41. The van der Waals surface area contributed by atoms with Crippen LogP contribution in [0.15, 0.2) is 48.5 Å². The molecule has 2 aromatic carbocycles. The van der Waals surface area contributed by atoms with Gasteiger partial charge in [0.05, 0.1) is 19.6 Å². The fraction of sp³-hybridized carbons (Fsp3) is 0.400. The van der Waals surface area contributed by atoms with Crippen molar-refractivity contribution < 1.29 is 29.0 Å². The van der Waals surface area contributed by atoms with Gasteiger partial charge in [-0.3, -0.25) is 9.69 Å². The summed E-state index contributed by atoms with van der Waals surface area (Å²) in [6.07, 6.45) is -1.62. The summed E-state index contributed by atoms with van der Waals surface area (Å²) in [5.74, 6) is 0.137. The van der Waals surface area contributed by atoms with Crippen LogP contribution in [0.3, 0.4) is 0 Å². The monoisotopic (exact) mass is 454 g/mol. The summed E-state index contributed by atoms with van der Waals surface area (Å²) in [5, 5.41) is 9.68. The smallest absolute Gasteiger partial charge is 0.414 e. The van der Waals surface area contributed by atoms with Gasteiger partial charge in [0.25, 0.3) is 0 Å². The van der Waals surface area contributed by atoms with Gasteiger partial charge in [0.2, 0.25) is 5.91 Å². The van der Waals surface area contributed by atoms with E-state index in [9.17, 15) is 19.5 Å². The SMILES string of the molecule is COc1ccc(CCN(C(=O)O)C(=O)CC2c3ccccc3CN2C(=O)OC(C)(C)C)cc1. The maximum Gasteiger partial charge on any atom is 0.414 e. The second-order valence-electron chi connectivity index (χ2n) is 8.95. The molecule has 8 nitrogen and oxygen atoms in total. The molecule has 2 aromatic rings. The summed E-state index contributed by atoms with van der Waals surface area (Å²) in [6.45, 7) is 5.65. The van der Waals surface area contributed by atoms with Crippen LogP contribution in [0.25, 0.3) is 0 Å². The fourth-order valence-electron chi connectivity index (χ4n) is 3.83. The molecule has 1 aliphatic rings. The highest BCUT2D eigenvalue weighted by Crippen LogP contribution is 2.37. The zero-order valence-corrected chi connectivity index (χ0v) is 19.4. The van der Waals surface area contributed by atoms with Crippen LogP contribution in [-0.2, 0) is 22.5 Å². The van der Waals surface area contributed by atoms with Crippen LogP contribution < -0.4 is 4.74 Å². The zero-order valence-electron chi connectivity index (χ0n) is 19.4. The second kappa shape index (κ2) is 9.94. The first-order valence-corrected chi connectivity index (χ1v) is 10.8. The summed E-state index contributed by atoms with van der Waals surface area (Å²) in [5.41, 5.74) is 1.95. The predicted octanol–water partition coefficient (Wildman–Crippen LogP) is 4.63.